The van der Waals surface area contributed by atoms with Crippen LogP contribution >= 0.6 is 0 Å². The van der Waals surface area contributed by atoms with Crippen molar-refractivity contribution >= 4 is 0 Å². The van der Waals surface area contributed by atoms with Gasteiger partial charge in [0.15, 0.2) is 0 Å². The molecular weight excluding hydrogens is 526 g/mol. The van der Waals surface area contributed by atoms with Gasteiger partial charge in [0.1, 0.15) is 0 Å². The van der Waals surface area contributed by atoms with Gasteiger partial charge in [0, 0.05) is 0 Å². The third-order valence-electron chi connectivity index (χ3n) is 0. The van der Waals surface area contributed by atoms with Gasteiger partial charge in [-0.3, -0.25) is 0 Å². The number of nitrogens with zero attached hydrogens (tertiary/aromatic N) is 6. The summed E-state index contributed by atoms with van der Waals surface area (Å²) in [5.74, 6) is 0. The minimum absolute atomic E-state index is 0. The van der Waals surface area contributed by atoms with Crippen LogP contribution in [0.3, 0.4) is 0 Å². The van der Waals surface area contributed by atoms with Crippen LogP contribution < -0.4 is 6.15 Å². The maximum atomic E-state index is 8.25. The monoisotopic (exact) mass is 530 g/mol. The third-order valence-corrected chi connectivity index (χ3v) is 0. The van der Waals surface area contributed by atoms with Crippen LogP contribution in [-0.2, 0) is 0 Å². The van der Waals surface area contributed by atoms with E-state index < -0.39 is 30.5 Å². The maximum Gasteiger partial charge on any atom is 4.00 e. The van der Waals surface area contributed by atoms with Crippen LogP contribution in [0.4, 0.5) is 0 Å². The molecule has 0 rings (SSSR count). The van der Waals surface area contributed by atoms with E-state index in [1.165, 1.54) is 0 Å². The fourth-order valence-corrected chi connectivity index (χ4v) is 0. The Morgan fingerprint density at radius 1 is 0.308 bits per heavy atom. The zero-order chi connectivity index (χ0) is 21.5. The molecule has 0 aromatic heterocycles. The van der Waals surface area contributed by atoms with E-state index in [4.69, 9.17) is 91.9 Å². The molecule has 4 N–H and O–H groups in total. The summed E-state index contributed by atoms with van der Waals surface area (Å²) in [4.78, 5) is 49.5. The molecule has 0 aromatic rings. The third kappa shape index (κ3) is 653. The molecule has 0 spiro atoms. The summed E-state index contributed by atoms with van der Waals surface area (Å²) in [5, 5.41) is 88.5. The van der Waals surface area contributed by atoms with E-state index >= 15 is 0 Å². The molecule has 0 unspecified atom stereocenters. The zero-order valence-corrected chi connectivity index (χ0v) is 14.7. The first-order chi connectivity index (χ1) is 10.4. The van der Waals surface area contributed by atoms with E-state index in [1.54, 1.807) is 0 Å². The van der Waals surface area contributed by atoms with Gasteiger partial charge >= 0.3 is 41.7 Å². The van der Waals surface area contributed by atoms with Crippen LogP contribution in [0.2, 0.25) is 0 Å². The van der Waals surface area contributed by atoms with Crippen molar-refractivity contribution in [2.24, 2.45) is 0 Å². The molecular formula is H4CeN7O18-. The zero-order valence-electron chi connectivity index (χ0n) is 11.5. The molecule has 0 aliphatic carbocycles. The maximum absolute atomic E-state index is 8.25. The van der Waals surface area contributed by atoms with Crippen LogP contribution in [-0.4, -0.2) is 30.5 Å². The smallest absolute Gasteiger partial charge is 0.369 e. The fraction of sp³-hybridized carbons (Fsp3) is 0. The Kier molecular flexibility index (Phi) is 81.8. The SMILES string of the molecule is O=[N+]([O-])[O-].O=[N+]([O-])[O-].O=[N+]([O-])[O-].O=[N+]([O-])[O-].O=[N+]([O-])[O-].O=[N+]([O-])[O-].[Ce+4].[NH4+]. The first-order valence-corrected chi connectivity index (χ1v) is 3.29. The van der Waals surface area contributed by atoms with Crippen molar-refractivity contribution in [1.82, 2.24) is 6.15 Å². The molecule has 26 heavy (non-hydrogen) atoms. The summed E-state index contributed by atoms with van der Waals surface area (Å²) >= 11 is 0. The van der Waals surface area contributed by atoms with Crippen LogP contribution in [0, 0.1) is 134 Å². The molecule has 25 nitrogen and oxygen atoms in total. The van der Waals surface area contributed by atoms with Crippen LogP contribution in [0.25, 0.3) is 0 Å². The summed E-state index contributed by atoms with van der Waals surface area (Å²) in [6.45, 7) is 0. The average Bonchev–Trinajstić information content (AvgIpc) is 2.08. The summed E-state index contributed by atoms with van der Waals surface area (Å²) < 4.78 is 0. The molecule has 0 aliphatic heterocycles. The van der Waals surface area contributed by atoms with Gasteiger partial charge in [-0.15, -0.1) is 0 Å². The van der Waals surface area contributed by atoms with Crippen molar-refractivity contribution in [2.75, 3.05) is 0 Å². The van der Waals surface area contributed by atoms with Crippen molar-refractivity contribution in [3.63, 3.8) is 0 Å². The van der Waals surface area contributed by atoms with Gasteiger partial charge in [-0.25, -0.2) is 0 Å². The predicted molar refractivity (Wildman–Crippen MR) is 68.2 cm³/mol. The van der Waals surface area contributed by atoms with Gasteiger partial charge in [0.25, 0.3) is 0 Å². The van der Waals surface area contributed by atoms with E-state index in [-0.39, 0.29) is 47.9 Å². The average molecular weight is 530 g/mol. The summed E-state index contributed by atoms with van der Waals surface area (Å²) in [6.07, 6.45) is 0. The van der Waals surface area contributed by atoms with Crippen LogP contribution in [0.5, 0.6) is 0 Å². The van der Waals surface area contributed by atoms with Crippen molar-refractivity contribution < 1.29 is 72.3 Å². The minimum atomic E-state index is -1.75. The first kappa shape index (κ1) is 49.5. The Morgan fingerprint density at radius 2 is 0.308 bits per heavy atom. The van der Waals surface area contributed by atoms with E-state index in [2.05, 4.69) is 0 Å². The van der Waals surface area contributed by atoms with Crippen LogP contribution in [0.1, 0.15) is 0 Å². The van der Waals surface area contributed by atoms with E-state index in [1.807, 2.05) is 0 Å². The van der Waals surface area contributed by atoms with Crippen molar-refractivity contribution in [1.29, 1.82) is 0 Å². The van der Waals surface area contributed by atoms with E-state index in [9.17, 15) is 0 Å². The molecule has 0 atom stereocenters. The van der Waals surface area contributed by atoms with Gasteiger partial charge in [-0.1, -0.05) is 0 Å². The minimum Gasteiger partial charge on any atom is -0.369 e. The molecule has 0 heterocycles. The number of quaternary nitrogens is 1. The molecule has 0 aliphatic rings. The largest absolute Gasteiger partial charge is 4.00 e. The predicted octanol–water partition coefficient (Wildman–Crippen LogP) is -1.06. The van der Waals surface area contributed by atoms with Crippen molar-refractivity contribution in [3.05, 3.63) is 91.9 Å². The van der Waals surface area contributed by atoms with Crippen LogP contribution in [0.15, 0.2) is 0 Å². The summed E-state index contributed by atoms with van der Waals surface area (Å²) in [7, 11) is 0. The van der Waals surface area contributed by atoms with Gasteiger partial charge < -0.3 is 98.1 Å². The molecule has 0 aromatic carbocycles. The summed E-state index contributed by atoms with van der Waals surface area (Å²) in [5.41, 5.74) is 0. The second-order valence-electron chi connectivity index (χ2n) is 1.34. The molecule has 0 amide bonds. The van der Waals surface area contributed by atoms with Gasteiger partial charge in [-0.2, -0.15) is 0 Å². The van der Waals surface area contributed by atoms with Gasteiger partial charge in [0.2, 0.25) is 0 Å². The molecule has 26 heteroatoms. The Hall–Kier alpha value is -3.46. The molecule has 0 fully saturated rings. The first-order valence-electron chi connectivity index (χ1n) is 3.29. The Bertz CT molecular complexity index is 259. The molecule has 0 bridgehead atoms. The topological polar surface area (TPSA) is 434 Å². The van der Waals surface area contributed by atoms with E-state index in [0.717, 1.165) is 0 Å². The van der Waals surface area contributed by atoms with Crippen molar-refractivity contribution in [3.8, 4) is 0 Å². The van der Waals surface area contributed by atoms with Crippen molar-refractivity contribution in [2.45, 2.75) is 0 Å². The molecule has 0 radical (unpaired) electrons. The number of rotatable bonds is 0. The summed E-state index contributed by atoms with van der Waals surface area (Å²) in [6, 6.07) is 0. The Balaban J connectivity index is -0.0000000245. The van der Waals surface area contributed by atoms with Gasteiger partial charge in [0.05, 0.1) is 30.5 Å². The molecule has 0 saturated heterocycles. The second kappa shape index (κ2) is 43.0. The Labute approximate surface area is 170 Å². The van der Waals surface area contributed by atoms with Gasteiger partial charge in [-0.05, 0) is 0 Å². The normalized spacial score (nSPS) is 5.54. The molecule has 152 valence electrons. The van der Waals surface area contributed by atoms with E-state index in [0.29, 0.717) is 0 Å². The fourth-order valence-electron chi connectivity index (χ4n) is 0. The number of hydrogen-bond acceptors (Lipinski definition) is 18. The number of hydrogen-bond donors (Lipinski definition) is 1. The standard InChI is InChI=1S/Ce.6NO3.H3N/c;6*2-1(3)4;/h;;;;;;;1H3/q+4;6*-1;/p+1. The second-order valence-corrected chi connectivity index (χ2v) is 1.34. The molecule has 0 saturated carbocycles. The quantitative estimate of drug-likeness (QED) is 0.288. The Morgan fingerprint density at radius 3 is 0.308 bits per heavy atom.